The van der Waals surface area contributed by atoms with Crippen molar-refractivity contribution in [3.05, 3.63) is 23.5 Å². The van der Waals surface area contributed by atoms with Gasteiger partial charge in [0.1, 0.15) is 0 Å². The fourth-order valence-electron chi connectivity index (χ4n) is 2.24. The summed E-state index contributed by atoms with van der Waals surface area (Å²) in [4.78, 5) is 0. The van der Waals surface area contributed by atoms with Gasteiger partial charge in [0.2, 0.25) is 5.82 Å². The number of phenols is 1. The lowest BCUT2D eigenvalue weighted by Gasteiger charge is -2.22. The van der Waals surface area contributed by atoms with Crippen molar-refractivity contribution < 1.29 is 14.2 Å². The maximum Gasteiger partial charge on any atom is 0.206 e. The molecular formula is C12H16FNO2. The minimum Gasteiger partial charge on any atom is -0.505 e. The van der Waals surface area contributed by atoms with Gasteiger partial charge in [0.25, 0.3) is 0 Å². The third kappa shape index (κ3) is 1.45. The number of ether oxygens (including phenoxy) is 1. The number of halogens is 1. The van der Waals surface area contributed by atoms with E-state index in [0.29, 0.717) is 0 Å². The lowest BCUT2D eigenvalue weighted by atomic mass is 9.88. The summed E-state index contributed by atoms with van der Waals surface area (Å²) in [5.41, 5.74) is 6.52. The summed E-state index contributed by atoms with van der Waals surface area (Å²) in [6, 6.07) is 3.01. The zero-order valence-corrected chi connectivity index (χ0v) is 9.46. The van der Waals surface area contributed by atoms with Crippen molar-refractivity contribution in [1.29, 1.82) is 0 Å². The molecule has 1 aliphatic carbocycles. The molecule has 1 fully saturated rings. The Morgan fingerprint density at radius 1 is 1.50 bits per heavy atom. The molecule has 3 nitrogen and oxygen atoms in total. The van der Waals surface area contributed by atoms with Gasteiger partial charge in [0.15, 0.2) is 11.5 Å². The highest BCUT2D eigenvalue weighted by atomic mass is 19.1. The predicted molar refractivity (Wildman–Crippen MR) is 59.2 cm³/mol. The molecule has 1 saturated carbocycles. The summed E-state index contributed by atoms with van der Waals surface area (Å²) < 4.78 is 18.7. The first-order valence-corrected chi connectivity index (χ1v) is 5.34. The first kappa shape index (κ1) is 11.2. The first-order valence-electron chi connectivity index (χ1n) is 5.34. The van der Waals surface area contributed by atoms with Crippen molar-refractivity contribution in [3.8, 4) is 11.5 Å². The van der Waals surface area contributed by atoms with E-state index in [0.717, 1.165) is 18.4 Å². The number of rotatable bonds is 3. The van der Waals surface area contributed by atoms with E-state index in [1.54, 1.807) is 6.07 Å². The van der Waals surface area contributed by atoms with Crippen molar-refractivity contribution in [1.82, 2.24) is 0 Å². The largest absolute Gasteiger partial charge is 0.505 e. The van der Waals surface area contributed by atoms with Crippen LogP contribution >= 0.6 is 0 Å². The molecular weight excluding hydrogens is 209 g/mol. The van der Waals surface area contributed by atoms with Crippen molar-refractivity contribution in [2.75, 3.05) is 7.11 Å². The van der Waals surface area contributed by atoms with Crippen LogP contribution in [0.3, 0.4) is 0 Å². The third-order valence-electron chi connectivity index (χ3n) is 3.48. The molecule has 0 radical (unpaired) electrons. The van der Waals surface area contributed by atoms with Crippen molar-refractivity contribution in [2.24, 2.45) is 5.73 Å². The van der Waals surface area contributed by atoms with Gasteiger partial charge in [-0.05, 0) is 25.8 Å². The molecule has 2 rings (SSSR count). The smallest absolute Gasteiger partial charge is 0.206 e. The second kappa shape index (κ2) is 3.63. The number of phenolic OH excluding ortho intramolecular Hbond substituents is 1. The van der Waals surface area contributed by atoms with Crippen molar-refractivity contribution >= 4 is 0 Å². The summed E-state index contributed by atoms with van der Waals surface area (Å²) in [7, 11) is 1.40. The fraction of sp³-hybridized carbons (Fsp3) is 0.500. The molecule has 3 N–H and O–H groups in total. The van der Waals surface area contributed by atoms with Gasteiger partial charge in [0, 0.05) is 17.0 Å². The molecule has 1 aromatic carbocycles. The highest BCUT2D eigenvalue weighted by Crippen LogP contribution is 2.54. The van der Waals surface area contributed by atoms with Crippen LogP contribution in [0, 0.1) is 5.82 Å². The maximum absolute atomic E-state index is 13.7. The number of hydrogen-bond donors (Lipinski definition) is 2. The van der Waals surface area contributed by atoms with E-state index < -0.39 is 5.82 Å². The molecule has 1 atom stereocenters. The molecule has 16 heavy (non-hydrogen) atoms. The molecule has 0 aliphatic heterocycles. The van der Waals surface area contributed by atoms with E-state index in [1.807, 2.05) is 6.92 Å². The van der Waals surface area contributed by atoms with Crippen LogP contribution in [0.2, 0.25) is 0 Å². The van der Waals surface area contributed by atoms with Crippen LogP contribution in [0.25, 0.3) is 0 Å². The summed E-state index contributed by atoms with van der Waals surface area (Å²) in [6.07, 6.45) is 1.87. The van der Waals surface area contributed by atoms with Gasteiger partial charge < -0.3 is 15.6 Å². The normalized spacial score (nSPS) is 19.2. The number of aromatic hydroxyl groups is 1. The van der Waals surface area contributed by atoms with Crippen LogP contribution in [-0.4, -0.2) is 18.3 Å². The molecule has 1 unspecified atom stereocenters. The molecule has 0 amide bonds. The number of nitrogens with two attached hydrogens (primary N) is 1. The van der Waals surface area contributed by atoms with Crippen LogP contribution in [0.5, 0.6) is 11.5 Å². The lowest BCUT2D eigenvalue weighted by molar-refractivity contribution is 0.353. The number of methoxy groups -OCH3 is 1. The molecule has 0 bridgehead atoms. The fourth-order valence-corrected chi connectivity index (χ4v) is 2.24. The average molecular weight is 225 g/mol. The van der Waals surface area contributed by atoms with Gasteiger partial charge in [-0.25, -0.2) is 0 Å². The van der Waals surface area contributed by atoms with Gasteiger partial charge >= 0.3 is 0 Å². The second-order valence-electron chi connectivity index (χ2n) is 4.42. The minimum absolute atomic E-state index is 0.0506. The van der Waals surface area contributed by atoms with E-state index in [1.165, 1.54) is 13.2 Å². The van der Waals surface area contributed by atoms with Crippen molar-refractivity contribution in [2.45, 2.75) is 31.2 Å². The van der Waals surface area contributed by atoms with Crippen LogP contribution in [0.1, 0.15) is 25.3 Å². The molecule has 1 aromatic rings. The first-order chi connectivity index (χ1) is 7.53. The number of benzene rings is 1. The standard InChI is InChI=1S/C12H16FNO2/c1-7(14)12(5-6-12)8-3-4-9(15)10(13)11(8)16-2/h3-4,7,15H,5-6,14H2,1-2H3. The van der Waals surface area contributed by atoms with Crippen LogP contribution in [-0.2, 0) is 5.41 Å². The SMILES string of the molecule is COc1c(C2(C(C)N)CC2)ccc(O)c1F. The second-order valence-corrected chi connectivity index (χ2v) is 4.42. The monoisotopic (exact) mass is 225 g/mol. The van der Waals surface area contributed by atoms with Crippen LogP contribution in [0.4, 0.5) is 4.39 Å². The Bertz CT molecular complexity index is 414. The topological polar surface area (TPSA) is 55.5 Å². The van der Waals surface area contributed by atoms with Gasteiger partial charge in [-0.2, -0.15) is 4.39 Å². The maximum atomic E-state index is 13.7. The van der Waals surface area contributed by atoms with Gasteiger partial charge in [0.05, 0.1) is 7.11 Å². The van der Waals surface area contributed by atoms with Crippen LogP contribution in [0.15, 0.2) is 12.1 Å². The molecule has 0 spiro atoms. The Kier molecular flexibility index (Phi) is 2.54. The van der Waals surface area contributed by atoms with E-state index in [2.05, 4.69) is 0 Å². The third-order valence-corrected chi connectivity index (χ3v) is 3.48. The predicted octanol–water partition coefficient (Wildman–Crippen LogP) is 1.92. The summed E-state index contributed by atoms with van der Waals surface area (Å²) in [6.45, 7) is 1.91. The number of hydrogen-bond acceptors (Lipinski definition) is 3. The Morgan fingerprint density at radius 2 is 2.12 bits per heavy atom. The van der Waals surface area contributed by atoms with Crippen LogP contribution < -0.4 is 10.5 Å². The molecule has 4 heteroatoms. The summed E-state index contributed by atoms with van der Waals surface area (Å²) in [5.74, 6) is -0.970. The lowest BCUT2D eigenvalue weighted by Crippen LogP contribution is -2.32. The average Bonchev–Trinajstić information content (AvgIpc) is 3.02. The summed E-state index contributed by atoms with van der Waals surface area (Å²) in [5, 5.41) is 9.29. The quantitative estimate of drug-likeness (QED) is 0.826. The Labute approximate surface area is 94.0 Å². The van der Waals surface area contributed by atoms with Gasteiger partial charge in [-0.3, -0.25) is 0 Å². The zero-order chi connectivity index (χ0) is 11.9. The highest BCUT2D eigenvalue weighted by molar-refractivity contribution is 5.49. The highest BCUT2D eigenvalue weighted by Gasteiger charge is 2.49. The molecule has 88 valence electrons. The Hall–Kier alpha value is -1.29. The van der Waals surface area contributed by atoms with Gasteiger partial charge in [-0.15, -0.1) is 0 Å². The van der Waals surface area contributed by atoms with Crippen molar-refractivity contribution in [3.63, 3.8) is 0 Å². The van der Waals surface area contributed by atoms with Gasteiger partial charge in [-0.1, -0.05) is 6.07 Å². The van der Waals surface area contributed by atoms with E-state index in [-0.39, 0.29) is 23.0 Å². The van der Waals surface area contributed by atoms with E-state index >= 15 is 0 Å². The molecule has 0 saturated heterocycles. The Balaban J connectivity index is 2.54. The van der Waals surface area contributed by atoms with E-state index in [9.17, 15) is 9.50 Å². The molecule has 0 aromatic heterocycles. The Morgan fingerprint density at radius 3 is 2.56 bits per heavy atom. The minimum atomic E-state index is -0.702. The zero-order valence-electron chi connectivity index (χ0n) is 9.46. The summed E-state index contributed by atoms with van der Waals surface area (Å²) >= 11 is 0. The van der Waals surface area contributed by atoms with E-state index in [4.69, 9.17) is 10.5 Å². The molecule has 1 aliphatic rings. The molecule has 0 heterocycles.